The Balaban J connectivity index is 1.48. The topological polar surface area (TPSA) is 87.0 Å². The van der Waals surface area contributed by atoms with E-state index < -0.39 is 10.0 Å². The van der Waals surface area contributed by atoms with Crippen molar-refractivity contribution in [2.75, 3.05) is 32.7 Å². The second-order valence-corrected chi connectivity index (χ2v) is 9.32. The smallest absolute Gasteiger partial charge is 0.254 e. The van der Waals surface area contributed by atoms with Crippen LogP contribution in [0.2, 0.25) is 0 Å². The van der Waals surface area contributed by atoms with Crippen LogP contribution in [-0.4, -0.2) is 67.0 Å². The van der Waals surface area contributed by atoms with E-state index in [0.29, 0.717) is 26.2 Å². The van der Waals surface area contributed by atoms with Gasteiger partial charge in [0, 0.05) is 43.9 Å². The second kappa shape index (κ2) is 8.99. The van der Waals surface area contributed by atoms with Gasteiger partial charge in [-0.2, -0.15) is 9.41 Å². The molecule has 0 radical (unpaired) electrons. The van der Waals surface area contributed by atoms with Crippen molar-refractivity contribution in [1.29, 1.82) is 0 Å². The van der Waals surface area contributed by atoms with E-state index in [1.54, 1.807) is 30.5 Å². The number of hydrazone groups is 1. The van der Waals surface area contributed by atoms with Gasteiger partial charge in [-0.1, -0.05) is 15.9 Å². The van der Waals surface area contributed by atoms with E-state index in [2.05, 4.69) is 26.5 Å². The third kappa shape index (κ3) is 5.07. The number of hydrogen-bond acceptors (Lipinski definition) is 5. The average Bonchev–Trinajstić information content (AvgIpc) is 3.07. The van der Waals surface area contributed by atoms with Gasteiger partial charge in [0.15, 0.2) is 0 Å². The number of aromatic nitrogens is 1. The first-order valence-electron chi connectivity index (χ1n) is 8.77. The molecule has 2 heterocycles. The summed E-state index contributed by atoms with van der Waals surface area (Å²) in [6.45, 7) is 1.85. The monoisotopic (exact) mass is 467 g/mol. The van der Waals surface area contributed by atoms with Gasteiger partial charge in [0.1, 0.15) is 0 Å². The molecule has 1 N–H and O–H groups in total. The third-order valence-electron chi connectivity index (χ3n) is 4.52. The van der Waals surface area contributed by atoms with Crippen LogP contribution in [0.25, 0.3) is 0 Å². The van der Waals surface area contributed by atoms with Crippen molar-refractivity contribution in [3.8, 4) is 0 Å². The molecule has 1 aromatic heterocycles. The van der Waals surface area contributed by atoms with Crippen molar-refractivity contribution in [1.82, 2.24) is 19.2 Å². The summed E-state index contributed by atoms with van der Waals surface area (Å²) in [5.74, 6) is -0.227. The lowest BCUT2D eigenvalue weighted by atomic mass is 10.3. The molecule has 150 valence electrons. The van der Waals surface area contributed by atoms with Gasteiger partial charge in [-0.3, -0.25) is 9.69 Å². The summed E-state index contributed by atoms with van der Waals surface area (Å²) in [5.41, 5.74) is 3.39. The van der Waals surface area contributed by atoms with Crippen LogP contribution >= 0.6 is 15.9 Å². The summed E-state index contributed by atoms with van der Waals surface area (Å²) in [4.78, 5) is 14.2. The van der Waals surface area contributed by atoms with E-state index in [4.69, 9.17) is 0 Å². The van der Waals surface area contributed by atoms with E-state index in [9.17, 15) is 13.2 Å². The van der Waals surface area contributed by atoms with Crippen LogP contribution in [0.4, 0.5) is 0 Å². The zero-order chi connectivity index (χ0) is 20.1. The molecule has 1 aliphatic rings. The molecule has 10 heteroatoms. The van der Waals surface area contributed by atoms with E-state index >= 15 is 0 Å². The summed E-state index contributed by atoms with van der Waals surface area (Å²) in [7, 11) is -1.62. The number of nitrogens with one attached hydrogen (secondary N) is 1. The molecule has 8 nitrogen and oxygen atoms in total. The minimum absolute atomic E-state index is 0.177. The zero-order valence-electron chi connectivity index (χ0n) is 15.5. The van der Waals surface area contributed by atoms with Gasteiger partial charge < -0.3 is 4.57 Å². The number of aryl methyl sites for hydroxylation is 1. The predicted octanol–water partition coefficient (Wildman–Crippen LogP) is 1.24. The molecule has 0 aliphatic carbocycles. The van der Waals surface area contributed by atoms with Crippen LogP contribution in [0.3, 0.4) is 0 Å². The normalized spacial score (nSPS) is 16.5. The Kier molecular flexibility index (Phi) is 6.65. The number of amides is 1. The molecule has 2 aromatic rings. The summed E-state index contributed by atoms with van der Waals surface area (Å²) in [6, 6.07) is 10.4. The first-order valence-corrected chi connectivity index (χ1v) is 11.0. The minimum Gasteiger partial charge on any atom is -0.350 e. The molecule has 0 saturated carbocycles. The van der Waals surface area contributed by atoms with E-state index in [1.165, 1.54) is 4.31 Å². The zero-order valence-corrected chi connectivity index (χ0v) is 17.9. The van der Waals surface area contributed by atoms with Crippen molar-refractivity contribution in [2.45, 2.75) is 4.90 Å². The Labute approximate surface area is 173 Å². The number of hydrogen-bond donors (Lipinski definition) is 1. The molecular formula is C18H22BrN5O3S. The number of benzene rings is 1. The summed E-state index contributed by atoms with van der Waals surface area (Å²) < 4.78 is 29.6. The van der Waals surface area contributed by atoms with E-state index in [1.807, 2.05) is 34.8 Å². The lowest BCUT2D eigenvalue weighted by Crippen LogP contribution is -2.50. The fourth-order valence-electron chi connectivity index (χ4n) is 2.90. The van der Waals surface area contributed by atoms with Crippen LogP contribution in [0, 0.1) is 0 Å². The van der Waals surface area contributed by atoms with Crippen LogP contribution in [0.15, 0.2) is 57.1 Å². The van der Waals surface area contributed by atoms with Crippen molar-refractivity contribution in [3.05, 3.63) is 52.8 Å². The highest BCUT2D eigenvalue weighted by molar-refractivity contribution is 9.10. The summed E-state index contributed by atoms with van der Waals surface area (Å²) in [5, 5.41) is 3.96. The van der Waals surface area contributed by atoms with Gasteiger partial charge in [0.2, 0.25) is 10.0 Å². The van der Waals surface area contributed by atoms with Crippen molar-refractivity contribution in [2.24, 2.45) is 12.1 Å². The van der Waals surface area contributed by atoms with Gasteiger partial charge in [0.25, 0.3) is 5.91 Å². The van der Waals surface area contributed by atoms with Crippen LogP contribution in [0.5, 0.6) is 0 Å². The number of piperazine rings is 1. The maximum absolute atomic E-state index is 12.7. The van der Waals surface area contributed by atoms with Gasteiger partial charge in [0.05, 0.1) is 23.3 Å². The van der Waals surface area contributed by atoms with Gasteiger partial charge in [-0.05, 0) is 36.4 Å². The molecule has 1 aliphatic heterocycles. The fraction of sp³-hybridized carbons (Fsp3) is 0.333. The Morgan fingerprint density at radius 2 is 1.86 bits per heavy atom. The molecule has 1 saturated heterocycles. The quantitative estimate of drug-likeness (QED) is 0.511. The van der Waals surface area contributed by atoms with Crippen LogP contribution < -0.4 is 5.43 Å². The number of carbonyl (C=O) groups excluding carboxylic acids is 1. The standard InChI is InChI=1S/C18H22BrN5O3S/c1-22-8-2-3-16(22)13-20-21-18(25)14-23-9-11-24(12-10-23)28(26,27)17-6-4-15(19)5-7-17/h2-8,13H,9-12,14H2,1H3,(H,21,25)/b20-13+. The first kappa shape index (κ1) is 20.7. The van der Waals surface area contributed by atoms with E-state index in [0.717, 1.165) is 10.2 Å². The molecule has 1 amide bonds. The Hall–Kier alpha value is -2.01. The largest absolute Gasteiger partial charge is 0.350 e. The lowest BCUT2D eigenvalue weighted by molar-refractivity contribution is -0.122. The molecule has 0 spiro atoms. The minimum atomic E-state index is -3.51. The van der Waals surface area contributed by atoms with E-state index in [-0.39, 0.29) is 17.3 Å². The van der Waals surface area contributed by atoms with Crippen molar-refractivity contribution in [3.63, 3.8) is 0 Å². The number of halogens is 1. The molecule has 1 aromatic carbocycles. The first-order chi connectivity index (χ1) is 13.4. The number of carbonyl (C=O) groups is 1. The lowest BCUT2D eigenvalue weighted by Gasteiger charge is -2.33. The molecule has 0 unspecified atom stereocenters. The predicted molar refractivity (Wildman–Crippen MR) is 110 cm³/mol. The van der Waals surface area contributed by atoms with Gasteiger partial charge in [-0.25, -0.2) is 13.8 Å². The van der Waals surface area contributed by atoms with Crippen LogP contribution in [0.1, 0.15) is 5.69 Å². The van der Waals surface area contributed by atoms with Crippen LogP contribution in [-0.2, 0) is 21.9 Å². The highest BCUT2D eigenvalue weighted by atomic mass is 79.9. The molecule has 0 bridgehead atoms. The Bertz CT molecular complexity index is 948. The molecule has 28 heavy (non-hydrogen) atoms. The maximum Gasteiger partial charge on any atom is 0.254 e. The van der Waals surface area contributed by atoms with Gasteiger partial charge >= 0.3 is 0 Å². The summed E-state index contributed by atoms with van der Waals surface area (Å²) in [6.07, 6.45) is 3.48. The molecule has 1 fully saturated rings. The average molecular weight is 468 g/mol. The highest BCUT2D eigenvalue weighted by Gasteiger charge is 2.28. The molecule has 3 rings (SSSR count). The van der Waals surface area contributed by atoms with Gasteiger partial charge in [-0.15, -0.1) is 0 Å². The van der Waals surface area contributed by atoms with Crippen molar-refractivity contribution >= 4 is 38.1 Å². The Morgan fingerprint density at radius 1 is 1.18 bits per heavy atom. The second-order valence-electron chi connectivity index (χ2n) is 6.47. The SMILES string of the molecule is Cn1cccc1/C=N/NC(=O)CN1CCN(S(=O)(=O)c2ccc(Br)cc2)CC1. The fourth-order valence-corrected chi connectivity index (χ4v) is 4.59. The number of rotatable bonds is 6. The van der Waals surface area contributed by atoms with Crippen molar-refractivity contribution < 1.29 is 13.2 Å². The maximum atomic E-state index is 12.7. The number of nitrogens with zero attached hydrogens (tertiary/aromatic N) is 4. The highest BCUT2D eigenvalue weighted by Crippen LogP contribution is 2.20. The molecule has 0 atom stereocenters. The number of sulfonamides is 1. The Morgan fingerprint density at radius 3 is 2.46 bits per heavy atom. The summed E-state index contributed by atoms with van der Waals surface area (Å²) >= 11 is 3.31. The third-order valence-corrected chi connectivity index (χ3v) is 6.96. The molecular weight excluding hydrogens is 446 g/mol.